The number of carbonyl (C=O) groups excluding carboxylic acids is 1. The van der Waals surface area contributed by atoms with E-state index in [1.807, 2.05) is 0 Å². The van der Waals surface area contributed by atoms with Crippen molar-refractivity contribution in [2.45, 2.75) is 6.54 Å². The average Bonchev–Trinajstić information content (AvgIpc) is 3.05. The van der Waals surface area contributed by atoms with Gasteiger partial charge in [-0.3, -0.25) is 9.48 Å². The highest BCUT2D eigenvalue weighted by atomic mass is 35.5. The fourth-order valence-electron chi connectivity index (χ4n) is 3.06. The van der Waals surface area contributed by atoms with Gasteiger partial charge in [0.1, 0.15) is 11.6 Å². The monoisotopic (exact) mass is 470 g/mol. The molecular formula is C19H20Cl2N4O4S. The van der Waals surface area contributed by atoms with Crippen LogP contribution >= 0.6 is 23.2 Å². The molecule has 11 heteroatoms. The minimum atomic E-state index is -3.71. The number of ether oxygens (including phenoxy) is 1. The summed E-state index contributed by atoms with van der Waals surface area (Å²) in [5.74, 6) is 0.205. The number of methoxy groups -OCH3 is 1. The van der Waals surface area contributed by atoms with Gasteiger partial charge >= 0.3 is 0 Å². The van der Waals surface area contributed by atoms with Crippen molar-refractivity contribution in [1.82, 2.24) is 9.78 Å². The number of aryl methyl sites for hydroxylation is 1. The molecule has 0 aliphatic heterocycles. The number of amides is 1. The number of rotatable bonds is 7. The van der Waals surface area contributed by atoms with Crippen molar-refractivity contribution in [3.63, 3.8) is 0 Å². The molecule has 0 bridgehead atoms. The van der Waals surface area contributed by atoms with E-state index in [0.717, 1.165) is 11.8 Å². The molecule has 0 atom stereocenters. The molecule has 3 rings (SSSR count). The normalized spacial score (nSPS) is 11.5. The van der Waals surface area contributed by atoms with Crippen LogP contribution in [0.15, 0.2) is 36.4 Å². The van der Waals surface area contributed by atoms with Gasteiger partial charge in [-0.25, -0.2) is 12.7 Å². The molecule has 0 fully saturated rings. The van der Waals surface area contributed by atoms with Crippen LogP contribution in [0.25, 0.3) is 10.9 Å². The number of halogens is 2. The van der Waals surface area contributed by atoms with Crippen molar-refractivity contribution in [2.24, 2.45) is 7.05 Å². The van der Waals surface area contributed by atoms with E-state index in [-0.39, 0.29) is 18.2 Å². The van der Waals surface area contributed by atoms with E-state index in [0.29, 0.717) is 27.4 Å². The first kappa shape index (κ1) is 22.2. The number of nitrogens with zero attached hydrogens (tertiary/aromatic N) is 3. The number of alkyl halides is 1. The summed E-state index contributed by atoms with van der Waals surface area (Å²) in [5.41, 5.74) is 1.65. The van der Waals surface area contributed by atoms with E-state index in [4.69, 9.17) is 27.9 Å². The molecule has 8 nitrogen and oxygen atoms in total. The lowest BCUT2D eigenvalue weighted by Crippen LogP contribution is -2.30. The molecule has 0 aliphatic carbocycles. The van der Waals surface area contributed by atoms with Crippen LogP contribution in [0.2, 0.25) is 5.02 Å². The fraction of sp³-hybridized carbons (Fsp3) is 0.263. The molecule has 2 aromatic carbocycles. The van der Waals surface area contributed by atoms with Gasteiger partial charge in [-0.15, -0.1) is 11.6 Å². The Bertz CT molecular complexity index is 1190. The Morgan fingerprint density at radius 1 is 1.23 bits per heavy atom. The summed E-state index contributed by atoms with van der Waals surface area (Å²) in [6.07, 6.45) is 1.10. The topological polar surface area (TPSA) is 93.5 Å². The van der Waals surface area contributed by atoms with Gasteiger partial charge in [-0.2, -0.15) is 5.10 Å². The third kappa shape index (κ3) is 4.48. The van der Waals surface area contributed by atoms with Gasteiger partial charge in [0.25, 0.3) is 0 Å². The molecule has 0 spiro atoms. The molecule has 1 N–H and O–H groups in total. The van der Waals surface area contributed by atoms with Gasteiger partial charge in [0, 0.05) is 7.05 Å². The van der Waals surface area contributed by atoms with E-state index in [9.17, 15) is 13.2 Å². The van der Waals surface area contributed by atoms with E-state index in [2.05, 4.69) is 10.4 Å². The smallest absolute Gasteiger partial charge is 0.239 e. The third-order valence-corrected chi connectivity index (χ3v) is 6.10. The van der Waals surface area contributed by atoms with Crippen molar-refractivity contribution in [2.75, 3.05) is 28.9 Å². The number of benzene rings is 2. The molecule has 160 valence electrons. The molecule has 0 aliphatic rings. The number of hydrogen-bond donors (Lipinski definition) is 1. The predicted octanol–water partition coefficient (Wildman–Crippen LogP) is 3.38. The van der Waals surface area contributed by atoms with Crippen LogP contribution in [0.3, 0.4) is 0 Å². The second-order valence-electron chi connectivity index (χ2n) is 6.57. The van der Waals surface area contributed by atoms with Crippen molar-refractivity contribution in [3.8, 4) is 5.75 Å². The summed E-state index contributed by atoms with van der Waals surface area (Å²) in [7, 11) is -0.507. The Morgan fingerprint density at radius 2 is 1.90 bits per heavy atom. The molecule has 3 aromatic rings. The van der Waals surface area contributed by atoms with Crippen molar-refractivity contribution in [3.05, 3.63) is 47.0 Å². The zero-order chi connectivity index (χ0) is 22.1. The lowest BCUT2D eigenvalue weighted by atomic mass is 10.2. The van der Waals surface area contributed by atoms with Gasteiger partial charge in [-0.05, 0) is 29.8 Å². The molecule has 1 aromatic heterocycles. The summed E-state index contributed by atoms with van der Waals surface area (Å²) in [6, 6.07) is 10.2. The largest absolute Gasteiger partial charge is 0.497 e. The maximum Gasteiger partial charge on any atom is 0.239 e. The molecule has 0 saturated heterocycles. The highest BCUT2D eigenvalue weighted by Crippen LogP contribution is 2.38. The lowest BCUT2D eigenvalue weighted by Gasteiger charge is -2.21. The fourth-order valence-corrected chi connectivity index (χ4v) is 4.19. The van der Waals surface area contributed by atoms with Crippen LogP contribution in [-0.4, -0.2) is 43.4 Å². The SMILES string of the molecule is COc1ccc(CN(c2nn(C)c3c(NC(=O)CCl)ccc(Cl)c23)S(C)(=O)=O)cc1. The highest BCUT2D eigenvalue weighted by Gasteiger charge is 2.26. The first-order valence-electron chi connectivity index (χ1n) is 8.77. The predicted molar refractivity (Wildman–Crippen MR) is 119 cm³/mol. The van der Waals surface area contributed by atoms with Gasteiger partial charge in [0.15, 0.2) is 5.82 Å². The standard InChI is InChI=1S/C19H20Cl2N4O4S/c1-24-18-15(22-16(26)10-20)9-8-14(21)17(18)19(23-24)25(30(3,27)28)11-12-4-6-13(29-2)7-5-12/h4-9H,10-11H2,1-3H3,(H,22,26). The molecule has 0 unspecified atom stereocenters. The van der Waals surface area contributed by atoms with Crippen molar-refractivity contribution in [1.29, 1.82) is 0 Å². The Labute approximate surface area is 184 Å². The van der Waals surface area contributed by atoms with Crippen LogP contribution in [0.4, 0.5) is 11.5 Å². The number of anilines is 2. The molecular weight excluding hydrogens is 451 g/mol. The second kappa shape index (κ2) is 8.71. The van der Waals surface area contributed by atoms with E-state index in [1.165, 1.54) is 8.99 Å². The van der Waals surface area contributed by atoms with Crippen molar-refractivity contribution < 1.29 is 17.9 Å². The lowest BCUT2D eigenvalue weighted by molar-refractivity contribution is -0.113. The highest BCUT2D eigenvalue weighted by molar-refractivity contribution is 7.92. The molecule has 0 radical (unpaired) electrons. The van der Waals surface area contributed by atoms with Gasteiger partial charge in [0.2, 0.25) is 15.9 Å². The number of sulfonamides is 1. The first-order chi connectivity index (χ1) is 14.2. The Kier molecular flexibility index (Phi) is 6.44. The molecule has 0 saturated carbocycles. The van der Waals surface area contributed by atoms with Gasteiger partial charge < -0.3 is 10.1 Å². The summed E-state index contributed by atoms with van der Waals surface area (Å²) in [6.45, 7) is 0.0452. The number of fused-ring (bicyclic) bond motifs is 1. The van der Waals surface area contributed by atoms with Crippen LogP contribution in [0.5, 0.6) is 5.75 Å². The minimum absolute atomic E-state index is 0.0452. The quantitative estimate of drug-likeness (QED) is 0.534. The van der Waals surface area contributed by atoms with Crippen LogP contribution < -0.4 is 14.4 Å². The Morgan fingerprint density at radius 3 is 2.47 bits per heavy atom. The maximum absolute atomic E-state index is 12.7. The Balaban J connectivity index is 2.15. The number of aromatic nitrogens is 2. The van der Waals surface area contributed by atoms with Crippen LogP contribution in [0, 0.1) is 0 Å². The van der Waals surface area contributed by atoms with E-state index < -0.39 is 15.9 Å². The summed E-state index contributed by atoms with van der Waals surface area (Å²) >= 11 is 12.0. The maximum atomic E-state index is 12.7. The second-order valence-corrected chi connectivity index (χ2v) is 9.15. The number of nitrogens with one attached hydrogen (secondary N) is 1. The van der Waals surface area contributed by atoms with Gasteiger partial charge in [-0.1, -0.05) is 23.7 Å². The molecule has 1 amide bonds. The third-order valence-electron chi connectivity index (χ3n) is 4.44. The van der Waals surface area contributed by atoms with E-state index >= 15 is 0 Å². The minimum Gasteiger partial charge on any atom is -0.497 e. The van der Waals surface area contributed by atoms with Crippen molar-refractivity contribution >= 4 is 61.5 Å². The number of hydrogen-bond acceptors (Lipinski definition) is 5. The van der Waals surface area contributed by atoms with E-state index in [1.54, 1.807) is 50.6 Å². The summed E-state index contributed by atoms with van der Waals surface area (Å²) < 4.78 is 33.1. The Hall–Kier alpha value is -2.49. The van der Waals surface area contributed by atoms with Crippen LogP contribution in [0.1, 0.15) is 5.56 Å². The summed E-state index contributed by atoms with van der Waals surface area (Å²) in [5, 5.41) is 7.81. The molecule has 30 heavy (non-hydrogen) atoms. The molecule has 1 heterocycles. The summed E-state index contributed by atoms with van der Waals surface area (Å²) in [4.78, 5) is 11.8. The zero-order valence-electron chi connectivity index (χ0n) is 16.5. The number of carbonyl (C=O) groups is 1. The average molecular weight is 471 g/mol. The first-order valence-corrected chi connectivity index (χ1v) is 11.5. The van der Waals surface area contributed by atoms with Gasteiger partial charge in [0.05, 0.1) is 41.5 Å². The van der Waals surface area contributed by atoms with Crippen LogP contribution in [-0.2, 0) is 28.4 Å². The zero-order valence-corrected chi connectivity index (χ0v) is 18.8.